The summed E-state index contributed by atoms with van der Waals surface area (Å²) in [6.45, 7) is -4.44. The zero-order valence-corrected chi connectivity index (χ0v) is 10.5. The van der Waals surface area contributed by atoms with E-state index in [0.29, 0.717) is 4.47 Å². The van der Waals surface area contributed by atoms with E-state index in [1.54, 1.807) is 0 Å². The summed E-state index contributed by atoms with van der Waals surface area (Å²) < 4.78 is 64.7. The van der Waals surface area contributed by atoms with Gasteiger partial charge >= 0.3 is 12.8 Å². The summed E-state index contributed by atoms with van der Waals surface area (Å²) in [5, 5.41) is 2.11. The number of rotatable bonds is 5. The van der Waals surface area contributed by atoms with E-state index in [4.69, 9.17) is 0 Å². The van der Waals surface area contributed by atoms with Crippen molar-refractivity contribution in [3.8, 4) is 5.75 Å². The van der Waals surface area contributed by atoms with Crippen LogP contribution in [0, 0.1) is 0 Å². The Morgan fingerprint density at radius 1 is 1.28 bits per heavy atom. The Morgan fingerprint density at radius 2 is 1.94 bits per heavy atom. The molecule has 0 aliphatic heterocycles. The maximum atomic E-state index is 12.1. The third-order valence-electron chi connectivity index (χ3n) is 1.88. The van der Waals surface area contributed by atoms with Gasteiger partial charge in [0.15, 0.2) is 0 Å². The maximum Gasteiger partial charge on any atom is 0.401 e. The summed E-state index contributed by atoms with van der Waals surface area (Å²) in [4.78, 5) is 0. The van der Waals surface area contributed by atoms with E-state index in [-0.39, 0.29) is 17.9 Å². The number of hydrogen-bond acceptors (Lipinski definition) is 2. The number of nitrogens with one attached hydrogen (secondary N) is 1. The van der Waals surface area contributed by atoms with Crippen LogP contribution in [0.1, 0.15) is 5.56 Å². The second-order valence-electron chi connectivity index (χ2n) is 3.35. The first kappa shape index (κ1) is 15.2. The minimum atomic E-state index is -4.35. The van der Waals surface area contributed by atoms with Crippen molar-refractivity contribution in [3.05, 3.63) is 28.2 Å². The van der Waals surface area contributed by atoms with E-state index < -0.39 is 19.3 Å². The Bertz CT molecular complexity index is 396. The summed E-state index contributed by atoms with van der Waals surface area (Å²) in [6.07, 6.45) is -4.35. The molecule has 102 valence electrons. The Labute approximate surface area is 108 Å². The molecule has 1 aromatic rings. The molecule has 18 heavy (non-hydrogen) atoms. The molecule has 0 saturated heterocycles. The molecule has 0 aliphatic rings. The van der Waals surface area contributed by atoms with Gasteiger partial charge in [0.25, 0.3) is 0 Å². The van der Waals surface area contributed by atoms with E-state index in [9.17, 15) is 22.0 Å². The molecule has 8 heteroatoms. The van der Waals surface area contributed by atoms with Crippen molar-refractivity contribution in [2.45, 2.75) is 19.3 Å². The first-order chi connectivity index (χ1) is 8.28. The SMILES string of the molecule is FC(F)Oc1ccc(Br)cc1CNCC(F)(F)F. The molecule has 0 atom stereocenters. The summed E-state index contributed by atoms with van der Waals surface area (Å²) in [6, 6.07) is 4.15. The number of hydrogen-bond donors (Lipinski definition) is 1. The van der Waals surface area contributed by atoms with Crippen LogP contribution in [0.4, 0.5) is 22.0 Å². The van der Waals surface area contributed by atoms with Crippen molar-refractivity contribution in [1.29, 1.82) is 0 Å². The summed E-state index contributed by atoms with van der Waals surface area (Å²) in [5.74, 6) is -0.150. The van der Waals surface area contributed by atoms with Gasteiger partial charge in [0.05, 0.1) is 6.54 Å². The number of alkyl halides is 5. The lowest BCUT2D eigenvalue weighted by atomic mass is 10.2. The van der Waals surface area contributed by atoms with Crippen LogP contribution in [0.3, 0.4) is 0 Å². The molecule has 0 bridgehead atoms. The molecule has 2 nitrogen and oxygen atoms in total. The quantitative estimate of drug-likeness (QED) is 0.829. The number of ether oxygens (including phenoxy) is 1. The molecule has 1 N–H and O–H groups in total. The minimum absolute atomic E-state index is 0.150. The number of benzene rings is 1. The van der Waals surface area contributed by atoms with Crippen LogP contribution >= 0.6 is 15.9 Å². The molecule has 1 rings (SSSR count). The highest BCUT2D eigenvalue weighted by molar-refractivity contribution is 9.10. The minimum Gasteiger partial charge on any atom is -0.434 e. The highest BCUT2D eigenvalue weighted by Gasteiger charge is 2.26. The lowest BCUT2D eigenvalue weighted by molar-refractivity contribution is -0.125. The van der Waals surface area contributed by atoms with Crippen LogP contribution in [0.25, 0.3) is 0 Å². The Hall–Kier alpha value is -0.890. The monoisotopic (exact) mass is 333 g/mol. The van der Waals surface area contributed by atoms with E-state index in [0.717, 1.165) is 0 Å². The summed E-state index contributed by atoms with van der Waals surface area (Å²) >= 11 is 3.10. The maximum absolute atomic E-state index is 12.1. The molecule has 0 saturated carbocycles. The lowest BCUT2D eigenvalue weighted by Crippen LogP contribution is -2.28. The fraction of sp³-hybridized carbons (Fsp3) is 0.400. The van der Waals surface area contributed by atoms with Gasteiger partial charge < -0.3 is 10.1 Å². The first-order valence-corrected chi connectivity index (χ1v) is 5.58. The molecule has 0 fully saturated rings. The topological polar surface area (TPSA) is 21.3 Å². The van der Waals surface area contributed by atoms with Crippen molar-refractivity contribution in [1.82, 2.24) is 5.32 Å². The van der Waals surface area contributed by atoms with Gasteiger partial charge in [-0.3, -0.25) is 0 Å². The van der Waals surface area contributed by atoms with Gasteiger partial charge in [-0.25, -0.2) is 0 Å². The third kappa shape index (κ3) is 5.63. The molecule has 0 heterocycles. The molecule has 0 spiro atoms. The Morgan fingerprint density at radius 3 is 2.50 bits per heavy atom. The van der Waals surface area contributed by atoms with Crippen LogP contribution in [-0.4, -0.2) is 19.3 Å². The third-order valence-corrected chi connectivity index (χ3v) is 2.37. The second-order valence-corrected chi connectivity index (χ2v) is 4.26. The zero-order chi connectivity index (χ0) is 13.8. The van der Waals surface area contributed by atoms with E-state index in [1.165, 1.54) is 18.2 Å². The molecular formula is C10H9BrF5NO. The smallest absolute Gasteiger partial charge is 0.401 e. The van der Waals surface area contributed by atoms with Crippen molar-refractivity contribution in [2.24, 2.45) is 0 Å². The highest BCUT2D eigenvalue weighted by atomic mass is 79.9. The van der Waals surface area contributed by atoms with Gasteiger partial charge in [-0.1, -0.05) is 15.9 Å². The van der Waals surface area contributed by atoms with Crippen molar-refractivity contribution in [3.63, 3.8) is 0 Å². The fourth-order valence-electron chi connectivity index (χ4n) is 1.24. The molecular weight excluding hydrogens is 325 g/mol. The van der Waals surface area contributed by atoms with E-state index in [1.807, 2.05) is 0 Å². The lowest BCUT2D eigenvalue weighted by Gasteiger charge is -2.13. The predicted molar refractivity (Wildman–Crippen MR) is 58.5 cm³/mol. The van der Waals surface area contributed by atoms with Crippen molar-refractivity contribution >= 4 is 15.9 Å². The summed E-state index contributed by atoms with van der Waals surface area (Å²) in [7, 11) is 0. The number of halogens is 6. The van der Waals surface area contributed by atoms with Crippen LogP contribution in [-0.2, 0) is 6.54 Å². The molecule has 0 aromatic heterocycles. The average molecular weight is 334 g/mol. The van der Waals surface area contributed by atoms with Gasteiger partial charge in [-0.2, -0.15) is 22.0 Å². The largest absolute Gasteiger partial charge is 0.434 e. The first-order valence-electron chi connectivity index (χ1n) is 4.78. The zero-order valence-electron chi connectivity index (χ0n) is 8.90. The predicted octanol–water partition coefficient (Wildman–Crippen LogP) is 3.70. The molecule has 0 unspecified atom stereocenters. The average Bonchev–Trinajstić information content (AvgIpc) is 2.19. The Kier molecular flexibility index (Phi) is 5.33. The molecule has 0 radical (unpaired) electrons. The van der Waals surface area contributed by atoms with Gasteiger partial charge in [0.1, 0.15) is 5.75 Å². The van der Waals surface area contributed by atoms with Gasteiger partial charge in [0, 0.05) is 16.6 Å². The molecule has 0 amide bonds. The van der Waals surface area contributed by atoms with Crippen LogP contribution in [0.15, 0.2) is 22.7 Å². The van der Waals surface area contributed by atoms with Crippen LogP contribution < -0.4 is 10.1 Å². The molecule has 1 aromatic carbocycles. The van der Waals surface area contributed by atoms with E-state index >= 15 is 0 Å². The summed E-state index contributed by atoms with van der Waals surface area (Å²) in [5.41, 5.74) is 0.217. The van der Waals surface area contributed by atoms with Crippen molar-refractivity contribution < 1.29 is 26.7 Å². The van der Waals surface area contributed by atoms with Gasteiger partial charge in [0.2, 0.25) is 0 Å². The van der Waals surface area contributed by atoms with Gasteiger partial charge in [-0.15, -0.1) is 0 Å². The van der Waals surface area contributed by atoms with Crippen molar-refractivity contribution in [2.75, 3.05) is 6.54 Å². The van der Waals surface area contributed by atoms with Crippen LogP contribution in [0.5, 0.6) is 5.75 Å². The second kappa shape index (κ2) is 6.33. The molecule has 0 aliphatic carbocycles. The van der Waals surface area contributed by atoms with Gasteiger partial charge in [-0.05, 0) is 18.2 Å². The Balaban J connectivity index is 2.70. The standard InChI is InChI=1S/C10H9BrF5NO/c11-7-1-2-8(18-9(12)13)6(3-7)4-17-5-10(14,15)16/h1-3,9,17H,4-5H2. The van der Waals surface area contributed by atoms with E-state index in [2.05, 4.69) is 26.0 Å². The fourth-order valence-corrected chi connectivity index (χ4v) is 1.64. The van der Waals surface area contributed by atoms with Crippen LogP contribution in [0.2, 0.25) is 0 Å². The normalized spacial score (nSPS) is 11.9. The highest BCUT2D eigenvalue weighted by Crippen LogP contribution is 2.25.